The monoisotopic (exact) mass is 343 g/mol. The van der Waals surface area contributed by atoms with Crippen LogP contribution in [0.2, 0.25) is 0 Å². The van der Waals surface area contributed by atoms with Crippen LogP contribution >= 0.6 is 0 Å². The topological polar surface area (TPSA) is 126 Å². The molecule has 3 rings (SSSR count). The normalized spacial score (nSPS) is 19.9. The highest BCUT2D eigenvalue weighted by Crippen LogP contribution is 2.15. The third-order valence-electron chi connectivity index (χ3n) is 3.88. The molecule has 1 aromatic heterocycles. The molecule has 1 aliphatic heterocycles. The second kappa shape index (κ2) is 7.12. The van der Waals surface area contributed by atoms with Crippen LogP contribution in [-0.2, 0) is 16.1 Å². The predicted octanol–water partition coefficient (Wildman–Crippen LogP) is 0.587. The van der Waals surface area contributed by atoms with E-state index in [0.717, 1.165) is 5.56 Å². The van der Waals surface area contributed by atoms with E-state index in [1.165, 1.54) is 0 Å². The number of nitrogens with one attached hydrogen (secondary N) is 3. The van der Waals surface area contributed by atoms with Crippen molar-refractivity contribution in [2.24, 2.45) is 5.92 Å². The maximum atomic E-state index is 12.0. The van der Waals surface area contributed by atoms with Crippen LogP contribution in [0.5, 0.6) is 0 Å². The minimum atomic E-state index is -0.625. The van der Waals surface area contributed by atoms with Crippen LogP contribution in [0, 0.1) is 5.92 Å². The Kier molecular flexibility index (Phi) is 4.73. The van der Waals surface area contributed by atoms with Gasteiger partial charge in [0.05, 0.1) is 12.5 Å². The van der Waals surface area contributed by atoms with Crippen molar-refractivity contribution in [1.82, 2.24) is 26.1 Å². The first-order valence-electron chi connectivity index (χ1n) is 7.79. The number of hydrogen-bond acceptors (Lipinski definition) is 6. The average molecular weight is 343 g/mol. The van der Waals surface area contributed by atoms with Gasteiger partial charge in [0.25, 0.3) is 0 Å². The fourth-order valence-electron chi connectivity index (χ4n) is 2.52. The van der Waals surface area contributed by atoms with Crippen LogP contribution < -0.4 is 16.0 Å². The van der Waals surface area contributed by atoms with E-state index in [0.29, 0.717) is 5.82 Å². The van der Waals surface area contributed by atoms with Crippen molar-refractivity contribution in [1.29, 1.82) is 0 Å². The molecule has 25 heavy (non-hydrogen) atoms. The third kappa shape index (κ3) is 4.00. The molecule has 1 fully saturated rings. The average Bonchev–Trinajstić information content (AvgIpc) is 3.06. The minimum absolute atomic E-state index is 0.0487. The molecule has 130 valence electrons. The maximum Gasteiger partial charge on any atom is 0.321 e. The lowest BCUT2D eigenvalue weighted by Gasteiger charge is -2.28. The lowest BCUT2D eigenvalue weighted by molar-refractivity contribution is -0.131. The summed E-state index contributed by atoms with van der Waals surface area (Å²) in [6.07, 6.45) is -0.0487. The predicted molar refractivity (Wildman–Crippen MR) is 85.8 cm³/mol. The summed E-state index contributed by atoms with van der Waals surface area (Å²) in [6.45, 7) is 1.74. The number of amides is 4. The van der Waals surface area contributed by atoms with Gasteiger partial charge in [0.2, 0.25) is 23.5 Å². The summed E-state index contributed by atoms with van der Waals surface area (Å²) in [4.78, 5) is 39.2. The molecule has 9 nitrogen and oxygen atoms in total. The van der Waals surface area contributed by atoms with Gasteiger partial charge in [0.15, 0.2) is 0 Å². The number of urea groups is 1. The molecule has 1 aliphatic rings. The van der Waals surface area contributed by atoms with Crippen molar-refractivity contribution in [3.05, 3.63) is 36.2 Å². The van der Waals surface area contributed by atoms with Crippen molar-refractivity contribution in [3.8, 4) is 11.4 Å². The molecule has 1 aromatic carbocycles. The van der Waals surface area contributed by atoms with Gasteiger partial charge >= 0.3 is 6.03 Å². The lowest BCUT2D eigenvalue weighted by Crippen LogP contribution is -2.57. The Hall–Kier alpha value is -3.23. The van der Waals surface area contributed by atoms with Crippen molar-refractivity contribution in [2.75, 3.05) is 0 Å². The summed E-state index contributed by atoms with van der Waals surface area (Å²) in [5.41, 5.74) is 0.812. The van der Waals surface area contributed by atoms with E-state index >= 15 is 0 Å². The molecule has 3 N–H and O–H groups in total. The smallest absolute Gasteiger partial charge is 0.321 e. The van der Waals surface area contributed by atoms with Gasteiger partial charge in [0, 0.05) is 18.0 Å². The molecule has 2 atom stereocenters. The first-order valence-corrected chi connectivity index (χ1v) is 7.79. The van der Waals surface area contributed by atoms with E-state index in [1.54, 1.807) is 6.92 Å². The highest BCUT2D eigenvalue weighted by Gasteiger charge is 2.34. The van der Waals surface area contributed by atoms with Crippen LogP contribution in [0.1, 0.15) is 19.2 Å². The van der Waals surface area contributed by atoms with Gasteiger partial charge < -0.3 is 15.2 Å². The molecular weight excluding hydrogens is 326 g/mol. The van der Waals surface area contributed by atoms with Gasteiger partial charge in [0.1, 0.15) is 0 Å². The van der Waals surface area contributed by atoms with Crippen LogP contribution in [0.15, 0.2) is 34.9 Å². The number of rotatable bonds is 5. The number of aromatic nitrogens is 2. The summed E-state index contributed by atoms with van der Waals surface area (Å²) in [6, 6.07) is 8.35. The highest BCUT2D eigenvalue weighted by atomic mass is 16.5. The van der Waals surface area contributed by atoms with Gasteiger partial charge in [-0.2, -0.15) is 4.98 Å². The Balaban J connectivity index is 1.54. The molecule has 0 spiro atoms. The minimum Gasteiger partial charge on any atom is -0.347 e. The van der Waals surface area contributed by atoms with Crippen molar-refractivity contribution in [3.63, 3.8) is 0 Å². The molecule has 1 saturated heterocycles. The molecule has 0 aliphatic carbocycles. The second-order valence-electron chi connectivity index (χ2n) is 5.72. The van der Waals surface area contributed by atoms with Crippen molar-refractivity contribution in [2.45, 2.75) is 25.9 Å². The Morgan fingerprint density at radius 2 is 2.04 bits per heavy atom. The fraction of sp³-hybridized carbons (Fsp3) is 0.312. The van der Waals surface area contributed by atoms with Crippen LogP contribution in [0.4, 0.5) is 4.79 Å². The van der Waals surface area contributed by atoms with Gasteiger partial charge in [-0.1, -0.05) is 35.5 Å². The molecule has 0 bridgehead atoms. The molecule has 2 heterocycles. The van der Waals surface area contributed by atoms with E-state index in [2.05, 4.69) is 26.1 Å². The van der Waals surface area contributed by atoms with Crippen LogP contribution in [0.25, 0.3) is 11.4 Å². The molecule has 2 aromatic rings. The van der Waals surface area contributed by atoms with Gasteiger partial charge in [-0.15, -0.1) is 0 Å². The van der Waals surface area contributed by atoms with Crippen LogP contribution in [-0.4, -0.2) is 34.0 Å². The maximum absolute atomic E-state index is 12.0. The summed E-state index contributed by atoms with van der Waals surface area (Å²) in [7, 11) is 0. The lowest BCUT2D eigenvalue weighted by atomic mass is 9.94. The summed E-state index contributed by atoms with van der Waals surface area (Å²) in [5.74, 6) is -0.729. The standard InChI is InChI=1S/C16H17N5O4/c1-9-11(15(23)20-16(24)18-9)7-12(22)17-8-13-19-14(21-25-13)10-5-3-2-4-6-10/h2-6,9,11H,7-8H2,1H3,(H,17,22)(H2,18,20,23,24). The van der Waals surface area contributed by atoms with E-state index in [1.807, 2.05) is 30.3 Å². The third-order valence-corrected chi connectivity index (χ3v) is 3.88. The Labute approximate surface area is 143 Å². The SMILES string of the molecule is CC1NC(=O)NC(=O)C1CC(=O)NCc1nc(-c2ccccc2)no1. The van der Waals surface area contributed by atoms with Gasteiger partial charge in [-0.3, -0.25) is 14.9 Å². The number of imide groups is 1. The number of hydrogen-bond donors (Lipinski definition) is 3. The number of benzene rings is 1. The molecule has 2 unspecified atom stereocenters. The molecular formula is C16H17N5O4. The van der Waals surface area contributed by atoms with Crippen molar-refractivity contribution < 1.29 is 18.9 Å². The van der Waals surface area contributed by atoms with E-state index < -0.39 is 23.9 Å². The van der Waals surface area contributed by atoms with E-state index in [-0.39, 0.29) is 24.8 Å². The van der Waals surface area contributed by atoms with Crippen LogP contribution in [0.3, 0.4) is 0 Å². The zero-order valence-electron chi connectivity index (χ0n) is 13.5. The number of nitrogens with zero attached hydrogens (tertiary/aromatic N) is 2. The van der Waals surface area contributed by atoms with Gasteiger partial charge in [-0.25, -0.2) is 4.79 Å². The quantitative estimate of drug-likeness (QED) is 0.729. The zero-order valence-corrected chi connectivity index (χ0v) is 13.5. The molecule has 9 heteroatoms. The van der Waals surface area contributed by atoms with E-state index in [4.69, 9.17) is 4.52 Å². The highest BCUT2D eigenvalue weighted by molar-refractivity contribution is 6.00. The molecule has 0 radical (unpaired) electrons. The van der Waals surface area contributed by atoms with Crippen molar-refractivity contribution >= 4 is 17.8 Å². The number of carbonyl (C=O) groups excluding carboxylic acids is 3. The van der Waals surface area contributed by atoms with Gasteiger partial charge in [-0.05, 0) is 6.92 Å². The second-order valence-corrected chi connectivity index (χ2v) is 5.72. The fourth-order valence-corrected chi connectivity index (χ4v) is 2.52. The Bertz CT molecular complexity index is 789. The Morgan fingerprint density at radius 1 is 1.28 bits per heavy atom. The Morgan fingerprint density at radius 3 is 2.76 bits per heavy atom. The first-order chi connectivity index (χ1) is 12.0. The molecule has 4 amide bonds. The first kappa shape index (κ1) is 16.6. The summed E-state index contributed by atoms with van der Waals surface area (Å²) >= 11 is 0. The zero-order chi connectivity index (χ0) is 17.8. The summed E-state index contributed by atoms with van der Waals surface area (Å²) < 4.78 is 5.10. The summed E-state index contributed by atoms with van der Waals surface area (Å²) in [5, 5.41) is 11.2. The van der Waals surface area contributed by atoms with E-state index in [9.17, 15) is 14.4 Å². The number of carbonyl (C=O) groups is 3. The largest absolute Gasteiger partial charge is 0.347 e. The molecule has 0 saturated carbocycles.